The number of rotatable bonds is 4. The van der Waals surface area contributed by atoms with Crippen molar-refractivity contribution in [1.82, 2.24) is 0 Å². The summed E-state index contributed by atoms with van der Waals surface area (Å²) in [6.45, 7) is 22.7. The first-order valence-electron chi connectivity index (χ1n) is 12.3. The number of fused-ring (bicyclic) bond motifs is 2. The second kappa shape index (κ2) is 13.5. The Kier molecular flexibility index (Phi) is 13.2. The maximum Gasteiger partial charge on any atom is 4.00 e. The van der Waals surface area contributed by atoms with Crippen molar-refractivity contribution in [1.29, 1.82) is 0 Å². The van der Waals surface area contributed by atoms with Gasteiger partial charge < -0.3 is 33.7 Å². The average Bonchev–Trinajstić information content (AvgIpc) is 3.28. The Morgan fingerprint density at radius 2 is 0.865 bits per heavy atom. The van der Waals surface area contributed by atoms with Gasteiger partial charge in [0.05, 0.1) is 0 Å². The zero-order valence-corrected chi connectivity index (χ0v) is 30.0. The fourth-order valence-corrected chi connectivity index (χ4v) is 5.28. The summed E-state index contributed by atoms with van der Waals surface area (Å²) in [5.41, 5.74) is 0. The number of hydrogen-bond donors (Lipinski definition) is 0. The molecule has 0 radical (unpaired) electrons. The quantitative estimate of drug-likeness (QED) is 0.246. The molecular formula is C30H42Cl2O2Si2Zr. The van der Waals surface area contributed by atoms with Crippen LogP contribution in [0.4, 0.5) is 0 Å². The van der Waals surface area contributed by atoms with Gasteiger partial charge in [0.2, 0.25) is 16.6 Å². The van der Waals surface area contributed by atoms with E-state index in [4.69, 9.17) is 8.85 Å². The van der Waals surface area contributed by atoms with E-state index in [9.17, 15) is 0 Å². The van der Waals surface area contributed by atoms with E-state index in [1.807, 2.05) is 0 Å². The van der Waals surface area contributed by atoms with Gasteiger partial charge in [0, 0.05) is 11.5 Å². The first-order valence-corrected chi connectivity index (χ1v) is 18.1. The van der Waals surface area contributed by atoms with Gasteiger partial charge in [0.1, 0.15) is 0 Å². The molecule has 4 aromatic carbocycles. The van der Waals surface area contributed by atoms with Crippen LogP contribution in [-0.2, 0) is 26.2 Å². The van der Waals surface area contributed by atoms with E-state index < -0.39 is 16.6 Å². The van der Waals surface area contributed by atoms with Crippen LogP contribution in [0, 0.1) is 0 Å². The van der Waals surface area contributed by atoms with Crippen LogP contribution in [0.5, 0.6) is 11.5 Å². The van der Waals surface area contributed by atoms with E-state index >= 15 is 0 Å². The van der Waals surface area contributed by atoms with Gasteiger partial charge in [-0.25, -0.2) is 0 Å². The van der Waals surface area contributed by atoms with E-state index in [0.717, 1.165) is 11.5 Å². The van der Waals surface area contributed by atoms with Gasteiger partial charge in [0.25, 0.3) is 0 Å². The Bertz CT molecular complexity index is 1080. The van der Waals surface area contributed by atoms with Crippen molar-refractivity contribution in [2.75, 3.05) is 0 Å². The van der Waals surface area contributed by atoms with Crippen LogP contribution in [0.25, 0.3) is 21.5 Å². The third-order valence-electron chi connectivity index (χ3n) is 7.54. The van der Waals surface area contributed by atoms with E-state index in [-0.39, 0.29) is 61.1 Å². The van der Waals surface area contributed by atoms with Gasteiger partial charge in [-0.15, -0.1) is 82.2 Å². The van der Waals surface area contributed by atoms with Crippen LogP contribution in [0.1, 0.15) is 41.5 Å². The van der Waals surface area contributed by atoms with Gasteiger partial charge in [-0.1, -0.05) is 53.7 Å². The van der Waals surface area contributed by atoms with Gasteiger partial charge in [-0.3, -0.25) is 0 Å². The summed E-state index contributed by atoms with van der Waals surface area (Å²) >= 11 is 0. The van der Waals surface area contributed by atoms with E-state index in [1.165, 1.54) is 21.5 Å². The monoisotopic (exact) mass is 650 g/mol. The van der Waals surface area contributed by atoms with Gasteiger partial charge >= 0.3 is 26.2 Å². The van der Waals surface area contributed by atoms with Gasteiger partial charge in [-0.05, 0) is 36.3 Å². The molecule has 4 aromatic rings. The summed E-state index contributed by atoms with van der Waals surface area (Å²) in [6.07, 6.45) is 0. The molecule has 2 nitrogen and oxygen atoms in total. The van der Waals surface area contributed by atoms with Crippen LogP contribution in [0.3, 0.4) is 0 Å². The second-order valence-electron chi connectivity index (χ2n) is 12.4. The molecule has 200 valence electrons. The topological polar surface area (TPSA) is 18.5 Å². The molecule has 0 saturated heterocycles. The first kappa shape index (κ1) is 36.2. The summed E-state index contributed by atoms with van der Waals surface area (Å²) < 4.78 is 12.6. The average molecular weight is 653 g/mol. The molecule has 37 heavy (non-hydrogen) atoms. The van der Waals surface area contributed by atoms with Crippen LogP contribution >= 0.6 is 0 Å². The molecule has 4 rings (SSSR count). The van der Waals surface area contributed by atoms with E-state index in [2.05, 4.69) is 141 Å². The predicted octanol–water partition coefficient (Wildman–Crippen LogP) is 3.89. The van der Waals surface area contributed by atoms with Crippen molar-refractivity contribution in [3.8, 4) is 11.5 Å². The molecule has 7 heteroatoms. The van der Waals surface area contributed by atoms with Gasteiger partial charge in [0.15, 0.2) is 0 Å². The summed E-state index contributed by atoms with van der Waals surface area (Å²) in [5.74, 6) is 2.05. The predicted molar refractivity (Wildman–Crippen MR) is 155 cm³/mol. The van der Waals surface area contributed by atoms with E-state index in [0.29, 0.717) is 0 Å². The molecular weight excluding hydrogens is 611 g/mol. The summed E-state index contributed by atoms with van der Waals surface area (Å²) in [6, 6.07) is 25.4. The molecule has 0 aliphatic rings. The van der Waals surface area contributed by atoms with Crippen molar-refractivity contribution < 1.29 is 59.9 Å². The molecule has 0 aliphatic carbocycles. The Balaban J connectivity index is 0.000000648. The fraction of sp³-hybridized carbons (Fsp3) is 0.400. The Morgan fingerprint density at radius 3 is 1.14 bits per heavy atom. The maximum atomic E-state index is 6.29. The normalized spacial score (nSPS) is 11.9. The molecule has 0 amide bonds. The summed E-state index contributed by atoms with van der Waals surface area (Å²) in [7, 11) is -3.42. The second-order valence-corrected chi connectivity index (χ2v) is 21.8. The Morgan fingerprint density at radius 1 is 0.568 bits per heavy atom. The largest absolute Gasteiger partial charge is 4.00 e. The van der Waals surface area contributed by atoms with Crippen molar-refractivity contribution in [2.24, 2.45) is 0 Å². The first-order chi connectivity index (χ1) is 15.6. The molecule has 0 atom stereocenters. The van der Waals surface area contributed by atoms with Crippen molar-refractivity contribution in [2.45, 2.75) is 77.8 Å². The van der Waals surface area contributed by atoms with Crippen LogP contribution < -0.4 is 33.7 Å². The zero-order chi connectivity index (χ0) is 25.4. The zero-order valence-electron chi connectivity index (χ0n) is 24.0. The molecule has 0 N–H and O–H groups in total. The Hall–Kier alpha value is -0.843. The standard InChI is InChI=1S/2C15H21OSi.2ClH.Zr/c2*1-15(2,3)17(4,5)16-14-10-12-8-6-7-9-13(12)11-14;;;/h2*6-11H,1-5H3;2*1H;/q2*-1;;;+4/p-2. The molecule has 0 bridgehead atoms. The summed E-state index contributed by atoms with van der Waals surface area (Å²) in [5, 5.41) is 5.55. The van der Waals surface area contributed by atoms with Crippen LogP contribution in [-0.4, -0.2) is 16.6 Å². The summed E-state index contributed by atoms with van der Waals surface area (Å²) in [4.78, 5) is 0. The SMILES string of the molecule is CC(C)(C)[Si](C)(C)Oc1cc2ccccc2[cH-]1.CC(C)(C)[Si](C)(C)Oc1cc2ccccc2[cH-]1.[Cl-].[Cl-].[Zr+4]. The molecule has 0 aliphatic heterocycles. The smallest absolute Gasteiger partial charge is 1.00 e. The molecule has 0 fully saturated rings. The van der Waals surface area contributed by atoms with Crippen molar-refractivity contribution >= 4 is 38.2 Å². The van der Waals surface area contributed by atoms with E-state index in [1.54, 1.807) is 0 Å². The third-order valence-corrected chi connectivity index (χ3v) is 16.3. The van der Waals surface area contributed by atoms with Crippen LogP contribution in [0.2, 0.25) is 36.3 Å². The Labute approximate surface area is 258 Å². The minimum absolute atomic E-state index is 0. The fourth-order valence-electron chi connectivity index (χ4n) is 3.26. The molecule has 0 saturated carbocycles. The molecule has 0 unspecified atom stereocenters. The van der Waals surface area contributed by atoms with Gasteiger partial charge in [-0.2, -0.15) is 0 Å². The minimum Gasteiger partial charge on any atom is -1.00 e. The minimum atomic E-state index is -1.71. The number of hydrogen-bond acceptors (Lipinski definition) is 2. The molecule has 0 heterocycles. The number of halogens is 2. The van der Waals surface area contributed by atoms with Crippen molar-refractivity contribution in [3.63, 3.8) is 0 Å². The molecule has 0 aromatic heterocycles. The third kappa shape index (κ3) is 9.10. The maximum absolute atomic E-state index is 6.29. The number of benzene rings is 2. The van der Waals surface area contributed by atoms with Crippen LogP contribution in [0.15, 0.2) is 72.8 Å². The molecule has 0 spiro atoms. The van der Waals surface area contributed by atoms with Crippen molar-refractivity contribution in [3.05, 3.63) is 72.8 Å².